The Hall–Kier alpha value is -2.38. The second-order valence-electron chi connectivity index (χ2n) is 6.56. The highest BCUT2D eigenvalue weighted by Crippen LogP contribution is 2.17. The SMILES string of the molecule is CC(C)(C)OC(=O)c1ccc(CNS(=O)(=O)c2ccccc2N)cc1. The zero-order valence-corrected chi connectivity index (χ0v) is 15.3. The second kappa shape index (κ2) is 7.25. The molecule has 0 heterocycles. The number of benzene rings is 2. The van der Waals surface area contributed by atoms with E-state index in [4.69, 9.17) is 10.5 Å². The Kier molecular flexibility index (Phi) is 5.49. The zero-order chi connectivity index (χ0) is 18.7. The molecule has 0 aliphatic carbocycles. The number of hydrogen-bond donors (Lipinski definition) is 2. The Morgan fingerprint density at radius 1 is 1.08 bits per heavy atom. The van der Waals surface area contributed by atoms with Crippen LogP contribution < -0.4 is 10.5 Å². The van der Waals surface area contributed by atoms with Crippen molar-refractivity contribution < 1.29 is 17.9 Å². The molecule has 0 radical (unpaired) electrons. The molecule has 2 aromatic carbocycles. The van der Waals surface area contributed by atoms with Crippen molar-refractivity contribution in [1.82, 2.24) is 4.72 Å². The molecule has 0 fully saturated rings. The maximum absolute atomic E-state index is 12.3. The van der Waals surface area contributed by atoms with E-state index in [1.165, 1.54) is 12.1 Å². The first kappa shape index (κ1) is 19.0. The van der Waals surface area contributed by atoms with Gasteiger partial charge in [-0.15, -0.1) is 0 Å². The van der Waals surface area contributed by atoms with Gasteiger partial charge in [-0.2, -0.15) is 0 Å². The number of para-hydroxylation sites is 1. The summed E-state index contributed by atoms with van der Waals surface area (Å²) in [6, 6.07) is 12.8. The molecule has 25 heavy (non-hydrogen) atoms. The lowest BCUT2D eigenvalue weighted by atomic mass is 10.1. The number of nitrogens with one attached hydrogen (secondary N) is 1. The minimum atomic E-state index is -3.71. The number of ether oxygens (including phenoxy) is 1. The van der Waals surface area contributed by atoms with Crippen molar-refractivity contribution >= 4 is 21.7 Å². The number of carbonyl (C=O) groups excluding carboxylic acids is 1. The number of anilines is 1. The summed E-state index contributed by atoms with van der Waals surface area (Å²) in [4.78, 5) is 12.0. The quantitative estimate of drug-likeness (QED) is 0.629. The molecule has 6 nitrogen and oxygen atoms in total. The lowest BCUT2D eigenvalue weighted by Crippen LogP contribution is -2.24. The van der Waals surface area contributed by atoms with Crippen LogP contribution in [0.2, 0.25) is 0 Å². The van der Waals surface area contributed by atoms with Crippen molar-refractivity contribution in [3.63, 3.8) is 0 Å². The van der Waals surface area contributed by atoms with Gasteiger partial charge in [0.25, 0.3) is 0 Å². The van der Waals surface area contributed by atoms with E-state index >= 15 is 0 Å². The lowest BCUT2D eigenvalue weighted by Gasteiger charge is -2.19. The number of nitrogen functional groups attached to an aromatic ring is 1. The topological polar surface area (TPSA) is 98.5 Å². The largest absolute Gasteiger partial charge is 0.456 e. The van der Waals surface area contributed by atoms with E-state index in [1.54, 1.807) is 57.2 Å². The van der Waals surface area contributed by atoms with Crippen LogP contribution in [0.15, 0.2) is 53.4 Å². The van der Waals surface area contributed by atoms with Crippen LogP contribution in [-0.4, -0.2) is 20.0 Å². The molecule has 0 saturated carbocycles. The van der Waals surface area contributed by atoms with Crippen molar-refractivity contribution in [1.29, 1.82) is 0 Å². The van der Waals surface area contributed by atoms with Crippen LogP contribution in [-0.2, 0) is 21.3 Å². The molecular formula is C18H22N2O4S. The molecule has 2 rings (SSSR count). The van der Waals surface area contributed by atoms with Gasteiger partial charge in [-0.05, 0) is 50.6 Å². The van der Waals surface area contributed by atoms with Gasteiger partial charge in [0.05, 0.1) is 11.3 Å². The number of hydrogen-bond acceptors (Lipinski definition) is 5. The van der Waals surface area contributed by atoms with Crippen LogP contribution in [0.3, 0.4) is 0 Å². The number of rotatable bonds is 5. The maximum atomic E-state index is 12.3. The Balaban J connectivity index is 2.05. The Labute approximate surface area is 148 Å². The molecule has 0 spiro atoms. The molecule has 7 heteroatoms. The Morgan fingerprint density at radius 3 is 2.24 bits per heavy atom. The second-order valence-corrected chi connectivity index (χ2v) is 8.30. The van der Waals surface area contributed by atoms with Crippen molar-refractivity contribution in [3.8, 4) is 0 Å². The van der Waals surface area contributed by atoms with E-state index in [-0.39, 0.29) is 17.1 Å². The molecule has 0 bridgehead atoms. The fraction of sp³-hybridized carbons (Fsp3) is 0.278. The predicted molar refractivity (Wildman–Crippen MR) is 96.5 cm³/mol. The molecular weight excluding hydrogens is 340 g/mol. The molecule has 0 unspecified atom stereocenters. The van der Waals surface area contributed by atoms with Crippen LogP contribution in [0.4, 0.5) is 5.69 Å². The molecule has 0 saturated heterocycles. The first-order valence-corrected chi connectivity index (χ1v) is 9.23. The molecule has 0 atom stereocenters. The van der Waals surface area contributed by atoms with Crippen molar-refractivity contribution in [2.24, 2.45) is 0 Å². The van der Waals surface area contributed by atoms with E-state index in [0.29, 0.717) is 11.1 Å². The highest BCUT2D eigenvalue weighted by atomic mass is 32.2. The van der Waals surface area contributed by atoms with E-state index in [2.05, 4.69) is 4.72 Å². The average molecular weight is 362 g/mol. The first-order chi connectivity index (χ1) is 11.6. The summed E-state index contributed by atoms with van der Waals surface area (Å²) in [7, 11) is -3.71. The molecule has 134 valence electrons. The van der Waals surface area contributed by atoms with Gasteiger partial charge in [-0.1, -0.05) is 24.3 Å². The first-order valence-electron chi connectivity index (χ1n) is 7.75. The Morgan fingerprint density at radius 2 is 1.68 bits per heavy atom. The third-order valence-electron chi connectivity index (χ3n) is 3.26. The van der Waals surface area contributed by atoms with Gasteiger partial charge in [0.15, 0.2) is 0 Å². The normalized spacial score (nSPS) is 12.0. The highest BCUT2D eigenvalue weighted by Gasteiger charge is 2.18. The summed E-state index contributed by atoms with van der Waals surface area (Å²) < 4.78 is 32.4. The van der Waals surface area contributed by atoms with Crippen LogP contribution in [0.1, 0.15) is 36.7 Å². The summed E-state index contributed by atoms with van der Waals surface area (Å²) in [5.41, 5.74) is 6.45. The van der Waals surface area contributed by atoms with E-state index in [9.17, 15) is 13.2 Å². The summed E-state index contributed by atoms with van der Waals surface area (Å²) in [6.45, 7) is 5.47. The number of carbonyl (C=O) groups is 1. The van der Waals surface area contributed by atoms with Crippen LogP contribution in [0, 0.1) is 0 Å². The van der Waals surface area contributed by atoms with E-state index in [0.717, 1.165) is 0 Å². The number of sulfonamides is 1. The smallest absolute Gasteiger partial charge is 0.338 e. The van der Waals surface area contributed by atoms with Crippen LogP contribution in [0.25, 0.3) is 0 Å². The standard InChI is InChI=1S/C18H22N2O4S/c1-18(2,3)24-17(21)14-10-8-13(9-11-14)12-20-25(22,23)16-7-5-4-6-15(16)19/h4-11,20H,12,19H2,1-3H3. The molecule has 0 aliphatic rings. The summed E-state index contributed by atoms with van der Waals surface area (Å²) in [5, 5.41) is 0. The molecule has 0 aliphatic heterocycles. The van der Waals surface area contributed by atoms with Gasteiger partial charge in [0, 0.05) is 6.54 Å². The highest BCUT2D eigenvalue weighted by molar-refractivity contribution is 7.89. The van der Waals surface area contributed by atoms with Crippen molar-refractivity contribution in [2.75, 3.05) is 5.73 Å². The molecule has 0 aromatic heterocycles. The van der Waals surface area contributed by atoms with Crippen molar-refractivity contribution in [2.45, 2.75) is 37.8 Å². The average Bonchev–Trinajstić information content (AvgIpc) is 2.52. The van der Waals surface area contributed by atoms with Gasteiger partial charge >= 0.3 is 5.97 Å². The third kappa shape index (κ3) is 5.30. The number of nitrogens with two attached hydrogens (primary N) is 1. The van der Waals surface area contributed by atoms with E-state index in [1.807, 2.05) is 0 Å². The third-order valence-corrected chi connectivity index (χ3v) is 4.74. The van der Waals surface area contributed by atoms with Gasteiger partial charge < -0.3 is 10.5 Å². The fourth-order valence-corrected chi connectivity index (χ4v) is 3.23. The maximum Gasteiger partial charge on any atom is 0.338 e. The summed E-state index contributed by atoms with van der Waals surface area (Å²) in [5.74, 6) is -0.420. The van der Waals surface area contributed by atoms with Crippen LogP contribution in [0.5, 0.6) is 0 Å². The van der Waals surface area contributed by atoms with Crippen LogP contribution >= 0.6 is 0 Å². The van der Waals surface area contributed by atoms with Gasteiger partial charge in [-0.25, -0.2) is 17.9 Å². The lowest BCUT2D eigenvalue weighted by molar-refractivity contribution is 0.00695. The predicted octanol–water partition coefficient (Wildman–Crippen LogP) is 2.70. The summed E-state index contributed by atoms with van der Waals surface area (Å²) in [6.07, 6.45) is 0. The fourth-order valence-electron chi connectivity index (χ4n) is 2.08. The molecule has 2 aromatic rings. The molecule has 0 amide bonds. The monoisotopic (exact) mass is 362 g/mol. The minimum Gasteiger partial charge on any atom is -0.456 e. The van der Waals surface area contributed by atoms with Gasteiger partial charge in [0.2, 0.25) is 10.0 Å². The Bertz CT molecular complexity index is 853. The van der Waals surface area contributed by atoms with Gasteiger partial charge in [-0.3, -0.25) is 0 Å². The minimum absolute atomic E-state index is 0.0420. The van der Waals surface area contributed by atoms with Gasteiger partial charge in [0.1, 0.15) is 10.5 Å². The van der Waals surface area contributed by atoms with E-state index < -0.39 is 21.6 Å². The number of esters is 1. The molecule has 3 N–H and O–H groups in total. The van der Waals surface area contributed by atoms with Crippen molar-refractivity contribution in [3.05, 3.63) is 59.7 Å². The summed E-state index contributed by atoms with van der Waals surface area (Å²) >= 11 is 0. The zero-order valence-electron chi connectivity index (χ0n) is 14.4.